The summed E-state index contributed by atoms with van der Waals surface area (Å²) in [6.45, 7) is 2.00. The van der Waals surface area contributed by atoms with Gasteiger partial charge in [0.1, 0.15) is 18.0 Å². The van der Waals surface area contributed by atoms with E-state index in [0.29, 0.717) is 6.42 Å². The van der Waals surface area contributed by atoms with Gasteiger partial charge in [0.15, 0.2) is 0 Å². The number of hydrogen-bond acceptors (Lipinski definition) is 4. The van der Waals surface area contributed by atoms with Crippen LogP contribution in [0.25, 0.3) is 0 Å². The normalized spacial score (nSPS) is 12.1. The van der Waals surface area contributed by atoms with Gasteiger partial charge in [0.05, 0.1) is 6.04 Å². The Kier molecular flexibility index (Phi) is 6.58. The van der Waals surface area contributed by atoms with E-state index in [2.05, 4.69) is 15.4 Å². The molecule has 0 aliphatic rings. The fraction of sp³-hybridized carbons (Fsp3) is 0.438. The first kappa shape index (κ1) is 17.5. The Morgan fingerprint density at radius 2 is 2.13 bits per heavy atom. The van der Waals surface area contributed by atoms with E-state index in [0.717, 1.165) is 29.3 Å². The molecule has 2 aromatic rings. The standard InChI is InChI=1S/C16H21FN4OS/c1-3-14(16-18-11-19-21(16)2)20-15(22)8-9-23-10-12-4-6-13(17)7-5-12/h4-7,11,14H,3,8-10H2,1-2H3,(H,20,22)/t14-/m0/s1. The summed E-state index contributed by atoms with van der Waals surface area (Å²) in [7, 11) is 1.82. The van der Waals surface area contributed by atoms with Crippen molar-refractivity contribution in [3.63, 3.8) is 0 Å². The summed E-state index contributed by atoms with van der Waals surface area (Å²) in [5, 5.41) is 7.02. The predicted octanol–water partition coefficient (Wildman–Crippen LogP) is 2.85. The molecule has 0 fully saturated rings. The van der Waals surface area contributed by atoms with Crippen LogP contribution in [0.4, 0.5) is 4.39 Å². The number of hydrogen-bond donors (Lipinski definition) is 1. The highest BCUT2D eigenvalue weighted by Crippen LogP contribution is 2.15. The van der Waals surface area contributed by atoms with E-state index in [1.807, 2.05) is 14.0 Å². The van der Waals surface area contributed by atoms with Gasteiger partial charge in [-0.1, -0.05) is 19.1 Å². The van der Waals surface area contributed by atoms with Crippen molar-refractivity contribution in [2.75, 3.05) is 5.75 Å². The van der Waals surface area contributed by atoms with Crippen molar-refractivity contribution in [3.8, 4) is 0 Å². The maximum Gasteiger partial charge on any atom is 0.221 e. The zero-order valence-corrected chi connectivity index (χ0v) is 14.1. The number of benzene rings is 1. The second-order valence-corrected chi connectivity index (χ2v) is 6.30. The van der Waals surface area contributed by atoms with Crippen LogP contribution in [0.1, 0.15) is 37.2 Å². The summed E-state index contributed by atoms with van der Waals surface area (Å²) >= 11 is 1.66. The molecule has 1 N–H and O–H groups in total. The lowest BCUT2D eigenvalue weighted by atomic mass is 10.2. The lowest BCUT2D eigenvalue weighted by Crippen LogP contribution is -2.30. The Balaban J connectivity index is 1.72. The van der Waals surface area contributed by atoms with Crippen LogP contribution < -0.4 is 5.32 Å². The topological polar surface area (TPSA) is 59.8 Å². The summed E-state index contributed by atoms with van der Waals surface area (Å²) in [6, 6.07) is 6.33. The minimum atomic E-state index is -0.229. The number of halogens is 1. The van der Waals surface area contributed by atoms with Crippen molar-refractivity contribution in [1.29, 1.82) is 0 Å². The van der Waals surface area contributed by atoms with Gasteiger partial charge in [0.25, 0.3) is 0 Å². The number of thioether (sulfide) groups is 1. The van der Waals surface area contributed by atoms with Crippen molar-refractivity contribution in [3.05, 3.63) is 47.8 Å². The molecule has 1 aromatic heterocycles. The summed E-state index contributed by atoms with van der Waals surface area (Å²) < 4.78 is 14.5. The number of carbonyl (C=O) groups is 1. The maximum absolute atomic E-state index is 12.8. The molecule has 0 saturated carbocycles. The van der Waals surface area contributed by atoms with Crippen molar-refractivity contribution in [2.45, 2.75) is 31.6 Å². The molecule has 2 rings (SSSR count). The number of rotatable bonds is 8. The number of carbonyl (C=O) groups excluding carboxylic acids is 1. The lowest BCUT2D eigenvalue weighted by molar-refractivity contribution is -0.121. The first-order chi connectivity index (χ1) is 11.1. The van der Waals surface area contributed by atoms with E-state index < -0.39 is 0 Å². The number of nitrogens with zero attached hydrogens (tertiary/aromatic N) is 3. The average Bonchev–Trinajstić information content (AvgIpc) is 2.97. The molecule has 0 spiro atoms. The molecular weight excluding hydrogens is 315 g/mol. The molecule has 0 bridgehead atoms. The molecule has 124 valence electrons. The quantitative estimate of drug-likeness (QED) is 0.753. The maximum atomic E-state index is 12.8. The Hall–Kier alpha value is -1.89. The third-order valence-corrected chi connectivity index (χ3v) is 4.49. The van der Waals surface area contributed by atoms with E-state index in [1.165, 1.54) is 18.5 Å². The molecule has 1 amide bonds. The summed E-state index contributed by atoms with van der Waals surface area (Å²) in [5.41, 5.74) is 1.06. The van der Waals surface area contributed by atoms with Crippen molar-refractivity contribution in [1.82, 2.24) is 20.1 Å². The van der Waals surface area contributed by atoms with Gasteiger partial charge in [-0.25, -0.2) is 9.37 Å². The summed E-state index contributed by atoms with van der Waals surface area (Å²) in [4.78, 5) is 16.2. The smallest absolute Gasteiger partial charge is 0.221 e. The number of aryl methyl sites for hydroxylation is 1. The van der Waals surface area contributed by atoms with Gasteiger partial charge in [0, 0.05) is 25.0 Å². The SMILES string of the molecule is CC[C@H](NC(=O)CCSCc1ccc(F)cc1)c1ncnn1C. The van der Waals surface area contributed by atoms with Crippen molar-refractivity contribution in [2.24, 2.45) is 7.05 Å². The molecule has 1 atom stereocenters. The molecule has 1 aromatic carbocycles. The average molecular weight is 336 g/mol. The first-order valence-electron chi connectivity index (χ1n) is 7.55. The molecule has 0 aliphatic heterocycles. The molecule has 0 unspecified atom stereocenters. The molecular formula is C16H21FN4OS. The molecule has 23 heavy (non-hydrogen) atoms. The van der Waals surface area contributed by atoms with Crippen molar-refractivity contribution >= 4 is 17.7 Å². The molecule has 7 heteroatoms. The number of nitrogens with one attached hydrogen (secondary N) is 1. The monoisotopic (exact) mass is 336 g/mol. The summed E-state index contributed by atoms with van der Waals surface area (Å²) in [6.07, 6.45) is 2.70. The largest absolute Gasteiger partial charge is 0.346 e. The molecule has 5 nitrogen and oxygen atoms in total. The van der Waals surface area contributed by atoms with Gasteiger partial charge in [-0.15, -0.1) is 0 Å². The zero-order chi connectivity index (χ0) is 16.7. The lowest BCUT2D eigenvalue weighted by Gasteiger charge is -2.15. The van der Waals surface area contributed by atoms with Crippen LogP contribution in [-0.2, 0) is 17.6 Å². The fourth-order valence-corrected chi connectivity index (χ4v) is 3.07. The van der Waals surface area contributed by atoms with Crippen LogP contribution in [0.5, 0.6) is 0 Å². The Bertz CT molecular complexity index is 629. The van der Waals surface area contributed by atoms with Crippen LogP contribution in [0.3, 0.4) is 0 Å². The molecule has 0 saturated heterocycles. The van der Waals surface area contributed by atoms with E-state index in [1.54, 1.807) is 28.6 Å². The highest BCUT2D eigenvalue weighted by atomic mass is 32.2. The van der Waals surface area contributed by atoms with E-state index in [4.69, 9.17) is 0 Å². The van der Waals surface area contributed by atoms with Gasteiger partial charge < -0.3 is 5.32 Å². The van der Waals surface area contributed by atoms with Crippen LogP contribution in [-0.4, -0.2) is 26.4 Å². The Labute approximate surface area is 139 Å². The fourth-order valence-electron chi connectivity index (χ4n) is 2.17. The molecule has 0 aliphatic carbocycles. The van der Waals surface area contributed by atoms with Gasteiger partial charge in [-0.05, 0) is 24.1 Å². The van der Waals surface area contributed by atoms with Gasteiger partial charge in [0.2, 0.25) is 5.91 Å². The first-order valence-corrected chi connectivity index (χ1v) is 8.71. The highest BCUT2D eigenvalue weighted by Gasteiger charge is 2.16. The Morgan fingerprint density at radius 1 is 1.39 bits per heavy atom. The van der Waals surface area contributed by atoms with Gasteiger partial charge in [-0.3, -0.25) is 9.48 Å². The van der Waals surface area contributed by atoms with Crippen molar-refractivity contribution < 1.29 is 9.18 Å². The molecule has 1 heterocycles. The predicted molar refractivity (Wildman–Crippen MR) is 89.4 cm³/mol. The zero-order valence-electron chi connectivity index (χ0n) is 13.3. The molecule has 0 radical (unpaired) electrons. The third kappa shape index (κ3) is 5.35. The minimum absolute atomic E-state index is 0.00598. The second-order valence-electron chi connectivity index (χ2n) is 5.20. The van der Waals surface area contributed by atoms with E-state index >= 15 is 0 Å². The van der Waals surface area contributed by atoms with Crippen LogP contribution in [0.2, 0.25) is 0 Å². The van der Waals surface area contributed by atoms with E-state index in [9.17, 15) is 9.18 Å². The number of aromatic nitrogens is 3. The van der Waals surface area contributed by atoms with Crippen LogP contribution in [0.15, 0.2) is 30.6 Å². The Morgan fingerprint density at radius 3 is 2.74 bits per heavy atom. The van der Waals surface area contributed by atoms with Crippen LogP contribution >= 0.6 is 11.8 Å². The number of amides is 1. The van der Waals surface area contributed by atoms with Gasteiger partial charge in [-0.2, -0.15) is 16.9 Å². The van der Waals surface area contributed by atoms with E-state index in [-0.39, 0.29) is 17.8 Å². The minimum Gasteiger partial charge on any atom is -0.346 e. The highest BCUT2D eigenvalue weighted by molar-refractivity contribution is 7.98. The second kappa shape index (κ2) is 8.67. The van der Waals surface area contributed by atoms with Gasteiger partial charge >= 0.3 is 0 Å². The third-order valence-electron chi connectivity index (χ3n) is 3.46. The van der Waals surface area contributed by atoms with Crippen LogP contribution in [0, 0.1) is 5.82 Å². The summed E-state index contributed by atoms with van der Waals surface area (Å²) in [5.74, 6) is 2.03.